The second-order valence-electron chi connectivity index (χ2n) is 29.5. The van der Waals surface area contributed by atoms with E-state index < -0.39 is 213 Å². The number of esters is 2. The van der Waals surface area contributed by atoms with Gasteiger partial charge in [-0.1, -0.05) is 168 Å². The summed E-state index contributed by atoms with van der Waals surface area (Å²) >= 11 is 5.36. The number of amides is 12. The molecule has 678 valence electrons. The molecular formula is C78H141N15O23S2. The van der Waals surface area contributed by atoms with Crippen molar-refractivity contribution < 1.29 is 112 Å². The number of aliphatic hydroxyl groups is 3. The summed E-state index contributed by atoms with van der Waals surface area (Å²) in [6.07, 6.45) is 26.7. The third-order valence-electron chi connectivity index (χ3n) is 18.9. The van der Waals surface area contributed by atoms with Crippen LogP contribution >= 0.6 is 24.4 Å². The van der Waals surface area contributed by atoms with Gasteiger partial charge < -0.3 is 116 Å². The van der Waals surface area contributed by atoms with Gasteiger partial charge in [0.15, 0.2) is 0 Å². The lowest BCUT2D eigenvalue weighted by Crippen LogP contribution is -2.61. The Balaban J connectivity index is 5.69. The van der Waals surface area contributed by atoms with Gasteiger partial charge in [0.05, 0.1) is 51.4 Å². The molecular weight excluding hydrogens is 1580 g/mol. The molecule has 0 aromatic carbocycles. The summed E-state index contributed by atoms with van der Waals surface area (Å²) in [5, 5.41) is 74.1. The second-order valence-corrected chi connectivity index (χ2v) is 30.9. The van der Waals surface area contributed by atoms with Gasteiger partial charge in [0, 0.05) is 36.5 Å². The SMILES string of the molecule is CCCCCCCCCCCCCCCC(=O)OCC(CSCC(N)C(=O)N[C@@H](CS)C(=O)NCC(=O)N[C@H](C(=O)NCC(=O)NCC(=O)N[C@@H](CCCCN)C(=O)N[C@@H](CCC(N)=O)C(=O)N[C@@H](CO)C(=O)N[C@@H](CO)C(=O)N[C@@H](CC(=O)O)C(=O)N[C@@H](CCCCN)C(=O)O)[C@@H](C)O)OC(=O)CCCCCCCCCCCCCCC. The predicted octanol–water partition coefficient (Wildman–Crippen LogP) is 0.0695. The van der Waals surface area contributed by atoms with Gasteiger partial charge in [0.2, 0.25) is 70.9 Å². The van der Waals surface area contributed by atoms with E-state index in [0.717, 1.165) is 51.9 Å². The number of carbonyl (C=O) groups excluding carboxylic acids is 14. The first-order valence-electron chi connectivity index (χ1n) is 42.0. The molecule has 24 N–H and O–H groups in total. The molecule has 11 atom stereocenters. The number of aliphatic hydroxyl groups excluding tert-OH is 3. The lowest BCUT2D eigenvalue weighted by molar-refractivity contribution is -0.157. The molecule has 0 saturated carbocycles. The highest BCUT2D eigenvalue weighted by Gasteiger charge is 2.35. The minimum absolute atomic E-state index is 0.00909. The molecule has 38 nitrogen and oxygen atoms in total. The van der Waals surface area contributed by atoms with Crippen molar-refractivity contribution in [3.63, 3.8) is 0 Å². The van der Waals surface area contributed by atoms with Crippen LogP contribution in [0.4, 0.5) is 0 Å². The van der Waals surface area contributed by atoms with E-state index in [1.165, 1.54) is 121 Å². The molecule has 0 bridgehead atoms. The zero-order valence-electron chi connectivity index (χ0n) is 69.5. The first kappa shape index (κ1) is 110. The smallest absolute Gasteiger partial charge is 0.326 e. The Bertz CT molecular complexity index is 2990. The van der Waals surface area contributed by atoms with Crippen LogP contribution in [-0.2, 0) is 86.2 Å². The number of thioether (sulfide) groups is 1. The molecule has 0 heterocycles. The van der Waals surface area contributed by atoms with Crippen LogP contribution in [-0.4, -0.2) is 257 Å². The Morgan fingerprint density at radius 2 is 0.797 bits per heavy atom. The van der Waals surface area contributed by atoms with Crippen molar-refractivity contribution in [1.29, 1.82) is 0 Å². The number of unbranched alkanes of at least 4 members (excludes halogenated alkanes) is 26. The number of hydrogen-bond donors (Lipinski definition) is 21. The van der Waals surface area contributed by atoms with Crippen molar-refractivity contribution in [1.82, 2.24) is 58.5 Å². The van der Waals surface area contributed by atoms with E-state index in [2.05, 4.69) is 74.3 Å². The standard InChI is InChI=1S/C78H141N15O23S2/c1-4-6-8-10-12-14-16-18-20-22-24-26-28-36-67(103)115-48-53(116-68(104)37-29-27-25-23-21-19-17-15-13-11-9-7-5-2)50-118-51-54(81)70(105)92-61(49-117)71(106)84-45-65(100)93-69(52(3)96)77(112)85-43-63(98)83-44-64(99)86-55(34-30-32-40-79)72(107)87-56(38-39-62(82)97)73(108)90-60(47-95)76(111)91-59(46-94)75(110)89-58(42-66(101)102)74(109)88-57(78(113)114)35-31-33-41-80/h52-61,69,94-96,117H,4-51,79-81H2,1-3H3,(H2,82,97)(H,83,98)(H,84,106)(H,85,112)(H,86,99)(H,87,107)(H,88,109)(H,89,110)(H,90,108)(H,91,111)(H,92,105)(H,93,100)(H,101,102)(H,113,114)/t52-,53?,54?,55+,56+,57+,58+,59+,60+,61+,69+/m1/s1. The van der Waals surface area contributed by atoms with E-state index in [1.54, 1.807) is 0 Å². The molecule has 12 amide bonds. The van der Waals surface area contributed by atoms with Gasteiger partial charge >= 0.3 is 23.9 Å². The molecule has 0 radical (unpaired) electrons. The van der Waals surface area contributed by atoms with Gasteiger partial charge in [-0.15, -0.1) is 0 Å². The van der Waals surface area contributed by atoms with Gasteiger partial charge in [0.25, 0.3) is 0 Å². The molecule has 0 aliphatic heterocycles. The summed E-state index contributed by atoms with van der Waals surface area (Å²) in [5.41, 5.74) is 22.7. The molecule has 2 unspecified atom stereocenters. The maximum atomic E-state index is 13.8. The molecule has 40 heteroatoms. The molecule has 0 aromatic heterocycles. The second kappa shape index (κ2) is 69.7. The summed E-state index contributed by atoms with van der Waals surface area (Å²) in [4.78, 5) is 208. The summed E-state index contributed by atoms with van der Waals surface area (Å²) in [6.45, 7) is 0.850. The average Bonchev–Trinajstić information content (AvgIpc) is 0.874. The van der Waals surface area contributed by atoms with E-state index in [1.807, 2.05) is 10.6 Å². The minimum atomic E-state index is -1.99. The normalized spacial score (nSPS) is 13.9. The zero-order chi connectivity index (χ0) is 88.4. The largest absolute Gasteiger partial charge is 0.481 e. The molecule has 0 saturated heterocycles. The number of rotatable bonds is 75. The van der Waals surface area contributed by atoms with Crippen LogP contribution in [0.1, 0.15) is 258 Å². The third kappa shape index (κ3) is 55.7. The van der Waals surface area contributed by atoms with Gasteiger partial charge in [-0.2, -0.15) is 24.4 Å². The maximum absolute atomic E-state index is 13.8. The lowest BCUT2D eigenvalue weighted by Gasteiger charge is -2.26. The Morgan fingerprint density at radius 3 is 1.25 bits per heavy atom. The molecule has 0 aliphatic carbocycles. The van der Waals surface area contributed by atoms with Crippen molar-refractivity contribution in [3.05, 3.63) is 0 Å². The maximum Gasteiger partial charge on any atom is 0.326 e. The van der Waals surface area contributed by atoms with Gasteiger partial charge in [0.1, 0.15) is 61.0 Å². The summed E-state index contributed by atoms with van der Waals surface area (Å²) in [5.74, 6) is -17.0. The van der Waals surface area contributed by atoms with E-state index in [0.29, 0.717) is 25.7 Å². The van der Waals surface area contributed by atoms with Crippen molar-refractivity contribution in [2.24, 2.45) is 22.9 Å². The number of ether oxygens (including phenoxy) is 2. The highest BCUT2D eigenvalue weighted by molar-refractivity contribution is 7.99. The first-order valence-corrected chi connectivity index (χ1v) is 43.8. The Labute approximate surface area is 703 Å². The summed E-state index contributed by atoms with van der Waals surface area (Å²) in [6, 6.07) is -14.9. The lowest BCUT2D eigenvalue weighted by atomic mass is 10.0. The topological polar surface area (TPSA) is 629 Å². The Hall–Kier alpha value is -8.02. The predicted molar refractivity (Wildman–Crippen MR) is 445 cm³/mol. The number of carboxylic acid groups (broad SMARTS) is 2. The summed E-state index contributed by atoms with van der Waals surface area (Å²) in [7, 11) is 0. The van der Waals surface area contributed by atoms with Crippen molar-refractivity contribution in [3.8, 4) is 0 Å². The Kier molecular flexibility index (Phi) is 65.0. The van der Waals surface area contributed by atoms with Crippen molar-refractivity contribution in [2.45, 2.75) is 325 Å². The highest BCUT2D eigenvalue weighted by atomic mass is 32.2. The van der Waals surface area contributed by atoms with E-state index in [4.69, 9.17) is 32.4 Å². The third-order valence-corrected chi connectivity index (χ3v) is 20.5. The van der Waals surface area contributed by atoms with Gasteiger partial charge in [-0.05, 0) is 77.8 Å². The van der Waals surface area contributed by atoms with Crippen LogP contribution in [0.25, 0.3) is 0 Å². The number of primary amides is 1. The number of aliphatic carboxylic acids is 2. The van der Waals surface area contributed by atoms with Crippen LogP contribution in [0, 0.1) is 0 Å². The van der Waals surface area contributed by atoms with Crippen molar-refractivity contribution in [2.75, 3.05) is 69.8 Å². The molecule has 0 aliphatic rings. The number of thiol groups is 1. The minimum Gasteiger partial charge on any atom is -0.481 e. The first-order chi connectivity index (χ1) is 56.4. The molecule has 0 rings (SSSR count). The Morgan fingerprint density at radius 1 is 0.407 bits per heavy atom. The van der Waals surface area contributed by atoms with Crippen LogP contribution in [0.3, 0.4) is 0 Å². The van der Waals surface area contributed by atoms with Crippen LogP contribution in [0.15, 0.2) is 0 Å². The van der Waals surface area contributed by atoms with Gasteiger partial charge in [-0.25, -0.2) is 4.79 Å². The van der Waals surface area contributed by atoms with Crippen LogP contribution in [0.5, 0.6) is 0 Å². The number of nitrogens with one attached hydrogen (secondary N) is 11. The van der Waals surface area contributed by atoms with E-state index in [9.17, 15) is 102 Å². The number of hydrogen-bond acceptors (Lipinski definition) is 26. The van der Waals surface area contributed by atoms with Crippen LogP contribution < -0.4 is 81.4 Å². The summed E-state index contributed by atoms with van der Waals surface area (Å²) < 4.78 is 11.4. The molecule has 0 fully saturated rings. The number of carboxylic acids is 2. The fourth-order valence-electron chi connectivity index (χ4n) is 12.0. The molecule has 0 aromatic rings. The monoisotopic (exact) mass is 1720 g/mol. The quantitative estimate of drug-likeness (QED) is 0.0218. The van der Waals surface area contributed by atoms with Crippen LogP contribution in [0.2, 0.25) is 0 Å². The highest BCUT2D eigenvalue weighted by Crippen LogP contribution is 2.18. The number of nitrogens with two attached hydrogens (primary N) is 4. The van der Waals surface area contributed by atoms with E-state index >= 15 is 0 Å². The fourth-order valence-corrected chi connectivity index (χ4v) is 13.2. The zero-order valence-corrected chi connectivity index (χ0v) is 71.3. The molecule has 118 heavy (non-hydrogen) atoms. The average molecular weight is 1720 g/mol. The van der Waals surface area contributed by atoms with Gasteiger partial charge in [-0.3, -0.25) is 71.9 Å². The fraction of sp³-hybridized carbons (Fsp3) is 0.795. The molecule has 0 spiro atoms. The number of carbonyl (C=O) groups is 16. The van der Waals surface area contributed by atoms with Crippen molar-refractivity contribution >= 4 is 119 Å². The van der Waals surface area contributed by atoms with E-state index in [-0.39, 0.29) is 75.5 Å².